The van der Waals surface area contributed by atoms with E-state index in [1.165, 1.54) is 13.2 Å². The van der Waals surface area contributed by atoms with Crippen LogP contribution >= 0.6 is 11.6 Å². The third-order valence-electron chi connectivity index (χ3n) is 6.49. The Morgan fingerprint density at radius 1 is 0.892 bits per heavy atom. The van der Waals surface area contributed by atoms with Crippen molar-refractivity contribution in [3.8, 4) is 17.2 Å². The normalized spacial score (nSPS) is 24.4. The summed E-state index contributed by atoms with van der Waals surface area (Å²) in [7, 11) is 1.48. The Labute approximate surface area is 219 Å². The lowest BCUT2D eigenvalue weighted by atomic mass is 9.86. The van der Waals surface area contributed by atoms with Gasteiger partial charge in [-0.2, -0.15) is 0 Å². The van der Waals surface area contributed by atoms with Crippen LogP contribution in [0.4, 0.5) is 0 Å². The van der Waals surface area contributed by atoms with Gasteiger partial charge in [0.15, 0.2) is 17.6 Å². The second-order valence-corrected chi connectivity index (χ2v) is 9.16. The van der Waals surface area contributed by atoms with Crippen molar-refractivity contribution in [1.82, 2.24) is 0 Å². The number of benzene rings is 3. The minimum absolute atomic E-state index is 0.0691. The number of alkyl halides is 1. The number of esters is 1. The van der Waals surface area contributed by atoms with E-state index in [4.69, 9.17) is 35.3 Å². The summed E-state index contributed by atoms with van der Waals surface area (Å²) in [6, 6.07) is 20.6. The lowest BCUT2D eigenvalue weighted by Crippen LogP contribution is -2.57. The van der Waals surface area contributed by atoms with Crippen molar-refractivity contribution in [3.63, 3.8) is 0 Å². The van der Waals surface area contributed by atoms with Crippen LogP contribution in [0.25, 0.3) is 0 Å². The van der Waals surface area contributed by atoms with E-state index in [1.54, 1.807) is 0 Å². The SMILES string of the molecule is COc1c(OCc2ccccc2)cc2c(c1OCc1ccccc1)[C@@H]1O[C@H](CCl)[C@@H](O)[C@H](O)[C@H]1OC2=O. The lowest BCUT2D eigenvalue weighted by Gasteiger charge is -2.44. The fourth-order valence-electron chi connectivity index (χ4n) is 4.61. The van der Waals surface area contributed by atoms with E-state index in [1.807, 2.05) is 60.7 Å². The highest BCUT2D eigenvalue weighted by Crippen LogP contribution is 2.51. The third-order valence-corrected chi connectivity index (χ3v) is 6.80. The number of ether oxygens (including phenoxy) is 5. The lowest BCUT2D eigenvalue weighted by molar-refractivity contribution is -0.222. The Kier molecular flexibility index (Phi) is 7.53. The highest BCUT2D eigenvalue weighted by molar-refractivity contribution is 6.18. The maximum Gasteiger partial charge on any atom is 0.339 e. The molecule has 3 aromatic rings. The first kappa shape index (κ1) is 25.4. The predicted octanol–water partition coefficient (Wildman–Crippen LogP) is 3.79. The van der Waals surface area contributed by atoms with Gasteiger partial charge in [-0.15, -0.1) is 11.6 Å². The molecule has 0 radical (unpaired) electrons. The molecular formula is C28H27ClO8. The van der Waals surface area contributed by atoms with Crippen LogP contribution in [0.5, 0.6) is 17.2 Å². The summed E-state index contributed by atoms with van der Waals surface area (Å²) in [6.45, 7) is 0.396. The smallest absolute Gasteiger partial charge is 0.339 e. The van der Waals surface area contributed by atoms with Crippen LogP contribution in [0.2, 0.25) is 0 Å². The summed E-state index contributed by atoms with van der Waals surface area (Å²) in [4.78, 5) is 13.1. The molecule has 2 aliphatic heterocycles. The minimum atomic E-state index is -1.40. The van der Waals surface area contributed by atoms with Crippen molar-refractivity contribution >= 4 is 17.6 Å². The summed E-state index contributed by atoms with van der Waals surface area (Å²) < 4.78 is 29.7. The summed E-state index contributed by atoms with van der Waals surface area (Å²) >= 11 is 6.01. The molecule has 5 atom stereocenters. The van der Waals surface area contributed by atoms with Gasteiger partial charge < -0.3 is 33.9 Å². The molecule has 2 N–H and O–H groups in total. The summed E-state index contributed by atoms with van der Waals surface area (Å²) in [6.07, 6.45) is -5.71. The maximum atomic E-state index is 13.1. The molecule has 0 aromatic heterocycles. The van der Waals surface area contributed by atoms with Crippen LogP contribution in [-0.4, -0.2) is 53.6 Å². The number of aliphatic hydroxyl groups excluding tert-OH is 2. The fraction of sp³-hybridized carbons (Fsp3) is 0.321. The Morgan fingerprint density at radius 2 is 1.51 bits per heavy atom. The van der Waals surface area contributed by atoms with Gasteiger partial charge >= 0.3 is 5.97 Å². The van der Waals surface area contributed by atoms with E-state index in [0.29, 0.717) is 5.56 Å². The number of methoxy groups -OCH3 is 1. The van der Waals surface area contributed by atoms with E-state index in [0.717, 1.165) is 11.1 Å². The molecule has 194 valence electrons. The zero-order chi connectivity index (χ0) is 25.9. The fourth-order valence-corrected chi connectivity index (χ4v) is 4.86. The van der Waals surface area contributed by atoms with Crippen LogP contribution in [0.15, 0.2) is 66.7 Å². The van der Waals surface area contributed by atoms with Gasteiger partial charge in [0.2, 0.25) is 5.75 Å². The molecule has 0 spiro atoms. The Balaban J connectivity index is 1.60. The molecule has 0 amide bonds. The van der Waals surface area contributed by atoms with Gasteiger partial charge in [-0.05, 0) is 17.2 Å². The standard InChI is InChI=1S/C28H27ClO8/c1-33-24-19(34-14-16-8-4-2-5-9-16)12-18-21(25(24)35-15-17-10-6-3-7-11-17)26-27(37-28(18)32)23(31)22(30)20(13-29)36-26/h2-12,20,22-23,26-27,30-31H,13-15H2,1H3/t20-,22-,23+,26+,27-/m1/s1. The van der Waals surface area contributed by atoms with Gasteiger partial charge in [0.05, 0.1) is 18.6 Å². The molecular weight excluding hydrogens is 500 g/mol. The molecule has 37 heavy (non-hydrogen) atoms. The van der Waals surface area contributed by atoms with Crippen molar-refractivity contribution in [2.45, 2.75) is 43.7 Å². The number of hydrogen-bond donors (Lipinski definition) is 2. The highest BCUT2D eigenvalue weighted by atomic mass is 35.5. The third kappa shape index (κ3) is 4.98. The number of aliphatic hydroxyl groups is 2. The number of carbonyl (C=O) groups is 1. The number of carbonyl (C=O) groups excluding carboxylic acids is 1. The highest BCUT2D eigenvalue weighted by Gasteiger charge is 2.52. The number of hydrogen-bond acceptors (Lipinski definition) is 8. The molecule has 1 saturated heterocycles. The molecule has 3 aromatic carbocycles. The van der Waals surface area contributed by atoms with Gasteiger partial charge in [-0.25, -0.2) is 4.79 Å². The average Bonchev–Trinajstić information content (AvgIpc) is 2.93. The number of halogens is 1. The van der Waals surface area contributed by atoms with Crippen LogP contribution < -0.4 is 14.2 Å². The zero-order valence-electron chi connectivity index (χ0n) is 20.1. The second-order valence-electron chi connectivity index (χ2n) is 8.85. The summed E-state index contributed by atoms with van der Waals surface area (Å²) in [5, 5.41) is 21.2. The van der Waals surface area contributed by atoms with Gasteiger partial charge in [0.25, 0.3) is 0 Å². The van der Waals surface area contributed by atoms with Gasteiger partial charge in [0, 0.05) is 5.56 Å². The second kappa shape index (κ2) is 11.0. The first-order valence-electron chi connectivity index (χ1n) is 11.9. The van der Waals surface area contributed by atoms with Crippen molar-refractivity contribution in [1.29, 1.82) is 0 Å². The molecule has 0 bridgehead atoms. The Hall–Kier alpha value is -3.30. The number of rotatable bonds is 8. The molecule has 2 heterocycles. The van der Waals surface area contributed by atoms with Crippen LogP contribution in [0.3, 0.4) is 0 Å². The van der Waals surface area contributed by atoms with E-state index >= 15 is 0 Å². The van der Waals surface area contributed by atoms with Crippen molar-refractivity contribution in [2.24, 2.45) is 0 Å². The van der Waals surface area contributed by atoms with Crippen LogP contribution in [0, 0.1) is 0 Å². The first-order valence-corrected chi connectivity index (χ1v) is 12.4. The van der Waals surface area contributed by atoms with Gasteiger partial charge in [-0.1, -0.05) is 60.7 Å². The van der Waals surface area contributed by atoms with Crippen LogP contribution in [-0.2, 0) is 22.7 Å². The molecule has 0 aliphatic carbocycles. The maximum absolute atomic E-state index is 13.1. The van der Waals surface area contributed by atoms with Gasteiger partial charge in [-0.3, -0.25) is 0 Å². The minimum Gasteiger partial charge on any atom is -0.490 e. The Morgan fingerprint density at radius 3 is 2.11 bits per heavy atom. The molecule has 1 fully saturated rings. The van der Waals surface area contributed by atoms with E-state index in [-0.39, 0.29) is 41.9 Å². The first-order chi connectivity index (χ1) is 18.0. The average molecular weight is 527 g/mol. The van der Waals surface area contributed by atoms with Crippen molar-refractivity contribution in [2.75, 3.05) is 13.0 Å². The molecule has 9 heteroatoms. The molecule has 8 nitrogen and oxygen atoms in total. The number of fused-ring (bicyclic) bond motifs is 3. The topological polar surface area (TPSA) is 104 Å². The molecule has 0 saturated carbocycles. The largest absolute Gasteiger partial charge is 0.490 e. The van der Waals surface area contributed by atoms with Gasteiger partial charge in [0.1, 0.15) is 37.6 Å². The van der Waals surface area contributed by atoms with Crippen LogP contribution in [0.1, 0.15) is 33.2 Å². The van der Waals surface area contributed by atoms with E-state index in [9.17, 15) is 15.0 Å². The predicted molar refractivity (Wildman–Crippen MR) is 134 cm³/mol. The zero-order valence-corrected chi connectivity index (χ0v) is 20.8. The van der Waals surface area contributed by atoms with E-state index < -0.39 is 36.5 Å². The van der Waals surface area contributed by atoms with Crippen molar-refractivity contribution in [3.05, 3.63) is 89.0 Å². The summed E-state index contributed by atoms with van der Waals surface area (Å²) in [5.41, 5.74) is 2.32. The Bertz CT molecular complexity index is 1240. The molecule has 0 unspecified atom stereocenters. The molecule has 2 aliphatic rings. The molecule has 5 rings (SSSR count). The monoisotopic (exact) mass is 526 g/mol. The van der Waals surface area contributed by atoms with Crippen molar-refractivity contribution < 1.29 is 38.7 Å². The van der Waals surface area contributed by atoms with E-state index in [2.05, 4.69) is 0 Å². The quantitative estimate of drug-likeness (QED) is 0.337. The summed E-state index contributed by atoms with van der Waals surface area (Å²) in [5.74, 6) is 0.0163.